The number of rotatable bonds is 7. The van der Waals surface area contributed by atoms with Crippen molar-refractivity contribution in [3.8, 4) is 0 Å². The van der Waals surface area contributed by atoms with Crippen LogP contribution in [0.4, 0.5) is 14.5 Å². The van der Waals surface area contributed by atoms with E-state index in [2.05, 4.69) is 20.1 Å². The third kappa shape index (κ3) is 5.37. The quantitative estimate of drug-likeness (QED) is 0.610. The first-order chi connectivity index (χ1) is 15.4. The molecule has 0 radical (unpaired) electrons. The molecular weight excluding hydrogens is 458 g/mol. The van der Waals surface area contributed by atoms with Gasteiger partial charge in [0, 0.05) is 49.4 Å². The van der Waals surface area contributed by atoms with E-state index in [0.717, 1.165) is 18.8 Å². The van der Waals surface area contributed by atoms with Crippen molar-refractivity contribution in [1.29, 1.82) is 0 Å². The van der Waals surface area contributed by atoms with Crippen LogP contribution in [0.1, 0.15) is 17.7 Å². The van der Waals surface area contributed by atoms with Crippen LogP contribution < -0.4 is 4.31 Å². The van der Waals surface area contributed by atoms with Crippen molar-refractivity contribution in [2.24, 2.45) is 10.2 Å². The highest BCUT2D eigenvalue weighted by molar-refractivity contribution is 7.84. The number of hydrogen-bond acceptors (Lipinski definition) is 5. The van der Waals surface area contributed by atoms with Crippen LogP contribution in [-0.4, -0.2) is 69.5 Å². The molecule has 2 aliphatic heterocycles. The summed E-state index contributed by atoms with van der Waals surface area (Å²) in [6, 6.07) is 10.8. The summed E-state index contributed by atoms with van der Waals surface area (Å²) >= 11 is 4.77. The Labute approximate surface area is 193 Å². The average molecular weight is 481 g/mol. The first kappa shape index (κ1) is 22.9. The van der Waals surface area contributed by atoms with Gasteiger partial charge in [-0.05, 0) is 37.4 Å². The molecule has 0 spiro atoms. The van der Waals surface area contributed by atoms with Crippen LogP contribution in [0.25, 0.3) is 0 Å². The maximum Gasteiger partial charge on any atom is 0.278 e. The third-order valence-electron chi connectivity index (χ3n) is 5.33. The average Bonchev–Trinajstić information content (AvgIpc) is 3.29. The predicted molar refractivity (Wildman–Crippen MR) is 124 cm³/mol. The van der Waals surface area contributed by atoms with E-state index in [1.165, 1.54) is 0 Å². The number of pyridine rings is 1. The van der Waals surface area contributed by atoms with Crippen molar-refractivity contribution in [2.45, 2.75) is 19.4 Å². The van der Waals surface area contributed by atoms with Crippen molar-refractivity contribution in [3.63, 3.8) is 0 Å². The summed E-state index contributed by atoms with van der Waals surface area (Å²) < 4.78 is 42.8. The van der Waals surface area contributed by atoms with Gasteiger partial charge in [-0.1, -0.05) is 17.7 Å². The van der Waals surface area contributed by atoms with E-state index < -0.39 is 17.6 Å². The minimum atomic E-state index is -2.61. The second-order valence-electron chi connectivity index (χ2n) is 7.63. The van der Waals surface area contributed by atoms with E-state index in [1.54, 1.807) is 34.8 Å². The van der Waals surface area contributed by atoms with Crippen LogP contribution >= 0.6 is 11.6 Å². The molecule has 7 nitrogen and oxygen atoms in total. The van der Waals surface area contributed by atoms with Crippen LogP contribution in [0, 0.1) is 0 Å². The maximum absolute atomic E-state index is 13.5. The molecule has 0 saturated carbocycles. The number of piperazine rings is 1. The first-order valence-corrected chi connectivity index (χ1v) is 11.6. The Hall–Kier alpha value is -2.27. The molecule has 3 heterocycles. The van der Waals surface area contributed by atoms with Crippen molar-refractivity contribution >= 4 is 39.9 Å². The predicted octanol–water partition coefficient (Wildman–Crippen LogP) is 3.38. The third-order valence-corrected chi connectivity index (χ3v) is 7.09. The fourth-order valence-electron chi connectivity index (χ4n) is 3.43. The van der Waals surface area contributed by atoms with Crippen LogP contribution in [0.2, 0.25) is 5.02 Å². The number of alkyl halides is 2. The summed E-state index contributed by atoms with van der Waals surface area (Å²) in [6.45, 7) is 3.36. The zero-order valence-electron chi connectivity index (χ0n) is 17.5. The van der Waals surface area contributed by atoms with Gasteiger partial charge in [-0.15, -0.1) is 0 Å². The van der Waals surface area contributed by atoms with Crippen molar-refractivity contribution in [1.82, 2.24) is 14.2 Å². The molecule has 0 N–H and O–H groups in total. The van der Waals surface area contributed by atoms with E-state index in [1.807, 2.05) is 23.5 Å². The minimum Gasteiger partial charge on any atom is -0.304 e. The fraction of sp³-hybridized carbons (Fsp3) is 0.381. The molecule has 11 heteroatoms. The van der Waals surface area contributed by atoms with Crippen molar-refractivity contribution in [2.75, 3.05) is 37.5 Å². The van der Waals surface area contributed by atoms with Crippen LogP contribution in [0.5, 0.6) is 0 Å². The van der Waals surface area contributed by atoms with Gasteiger partial charge in [0.25, 0.3) is 6.43 Å². The number of likely N-dealkylation sites (N-methyl/N-ethyl adjacent to an activating group) is 1. The van der Waals surface area contributed by atoms with E-state index >= 15 is 0 Å². The number of benzene rings is 1. The number of anilines is 1. The summed E-state index contributed by atoms with van der Waals surface area (Å²) in [4.78, 5) is 6.67. The molecule has 0 bridgehead atoms. The summed E-state index contributed by atoms with van der Waals surface area (Å²) in [6.07, 6.45) is -1.01. The monoisotopic (exact) mass is 480 g/mol. The van der Waals surface area contributed by atoms with E-state index in [4.69, 9.17) is 11.6 Å². The normalized spacial score (nSPS) is 18.5. The summed E-state index contributed by atoms with van der Waals surface area (Å²) in [5.41, 5.74) is 2.29. The van der Waals surface area contributed by atoms with Crippen molar-refractivity contribution in [3.05, 3.63) is 58.9 Å². The smallest absolute Gasteiger partial charge is 0.278 e. The molecule has 32 heavy (non-hydrogen) atoms. The number of nitrogens with zero attached hydrogens (tertiary/aromatic N) is 6. The maximum atomic E-state index is 13.5. The lowest BCUT2D eigenvalue weighted by Crippen LogP contribution is -2.49. The van der Waals surface area contributed by atoms with E-state index in [0.29, 0.717) is 41.6 Å². The van der Waals surface area contributed by atoms with Crippen LogP contribution in [0.15, 0.2) is 52.8 Å². The molecule has 0 amide bonds. The highest BCUT2D eigenvalue weighted by atomic mass is 35.5. The Morgan fingerprint density at radius 2 is 1.94 bits per heavy atom. The molecule has 170 valence electrons. The number of hydrogen-bond donors (Lipinski definition) is 0. The second kappa shape index (κ2) is 10.1. The molecule has 2 aromatic rings. The molecule has 1 fully saturated rings. The summed E-state index contributed by atoms with van der Waals surface area (Å²) in [5, 5.41) is 7.96. The van der Waals surface area contributed by atoms with Crippen LogP contribution in [-0.2, 0) is 17.7 Å². The lowest BCUT2D eigenvalue weighted by molar-refractivity contribution is 0.224. The number of aromatic nitrogens is 1. The fourth-order valence-corrected chi connectivity index (χ4v) is 4.91. The van der Waals surface area contributed by atoms with Crippen molar-refractivity contribution < 1.29 is 13.0 Å². The Balaban J connectivity index is 1.52. The first-order valence-electron chi connectivity index (χ1n) is 10.2. The Morgan fingerprint density at radius 1 is 1.16 bits per heavy atom. The standard InChI is InChI=1S/C21H23ClF2N6OS/c1-28-7-9-29(10-8-28)32(31)30(18-4-2-3-16(22)11-18)14-17-6-5-15(13-25-17)19-12-20(21(23)24)27-26-19/h2-6,11,13,21H,7-10,12,14H2,1H3. The topological polar surface area (TPSA) is 64.4 Å². The highest BCUT2D eigenvalue weighted by Crippen LogP contribution is 2.25. The minimum absolute atomic E-state index is 0.0146. The molecule has 1 saturated heterocycles. The Morgan fingerprint density at radius 3 is 2.56 bits per heavy atom. The number of halogens is 3. The van der Waals surface area contributed by atoms with Crippen LogP contribution in [0.3, 0.4) is 0 Å². The highest BCUT2D eigenvalue weighted by Gasteiger charge is 2.26. The molecule has 0 aliphatic carbocycles. The summed E-state index contributed by atoms with van der Waals surface area (Å²) in [7, 11) is 2.05. The van der Waals surface area contributed by atoms with Gasteiger partial charge in [-0.3, -0.25) is 9.29 Å². The van der Waals surface area contributed by atoms with Gasteiger partial charge in [-0.2, -0.15) is 10.2 Å². The Bertz CT molecular complexity index is 1040. The van der Waals surface area contributed by atoms with Gasteiger partial charge in [0.05, 0.1) is 23.6 Å². The molecule has 1 aromatic heterocycles. The lowest BCUT2D eigenvalue weighted by atomic mass is 10.1. The van der Waals surface area contributed by atoms with E-state index in [9.17, 15) is 13.0 Å². The largest absolute Gasteiger partial charge is 0.304 e. The van der Waals surface area contributed by atoms with Gasteiger partial charge in [0.1, 0.15) is 5.71 Å². The van der Waals surface area contributed by atoms with Gasteiger partial charge < -0.3 is 4.90 Å². The molecule has 4 rings (SSSR count). The zero-order valence-corrected chi connectivity index (χ0v) is 19.1. The lowest BCUT2D eigenvalue weighted by Gasteiger charge is -2.35. The summed E-state index contributed by atoms with van der Waals surface area (Å²) in [5.74, 6) is 0. The Kier molecular flexibility index (Phi) is 7.24. The molecule has 1 aromatic carbocycles. The zero-order chi connectivity index (χ0) is 22.7. The van der Waals surface area contributed by atoms with Gasteiger partial charge in [-0.25, -0.2) is 17.3 Å². The van der Waals surface area contributed by atoms with Gasteiger partial charge >= 0.3 is 0 Å². The molecule has 2 aliphatic rings. The SMILES string of the molecule is CN1CCN(S(=O)N(Cc2ccc(C3=NN=C(C(F)F)C3)cn2)c2cccc(Cl)c2)CC1. The van der Waals surface area contributed by atoms with Gasteiger partial charge in [0.15, 0.2) is 11.2 Å². The van der Waals surface area contributed by atoms with E-state index in [-0.39, 0.29) is 12.1 Å². The molecular formula is C21H23ClF2N6OS. The van der Waals surface area contributed by atoms with Gasteiger partial charge in [0.2, 0.25) is 0 Å². The second-order valence-corrected chi connectivity index (χ2v) is 9.49. The molecule has 1 atom stereocenters. The molecule has 1 unspecified atom stereocenters.